The highest BCUT2D eigenvalue weighted by Gasteiger charge is 2.29. The van der Waals surface area contributed by atoms with Crippen molar-refractivity contribution in [3.8, 4) is 0 Å². The normalized spacial score (nSPS) is 21.6. The maximum atomic E-state index is 12.8. The number of piperidine rings is 2. The Bertz CT molecular complexity index is 788. The molecule has 2 aliphatic rings. The number of amides is 1. The molecular weight excluding hydrogens is 340 g/mol. The number of hydrogen-bond acceptors (Lipinski definition) is 4. The van der Waals surface area contributed by atoms with Crippen LogP contribution in [0.25, 0.3) is 0 Å². The van der Waals surface area contributed by atoms with Crippen molar-refractivity contribution >= 4 is 5.91 Å². The Morgan fingerprint density at radius 1 is 1.19 bits per heavy atom. The highest BCUT2D eigenvalue weighted by atomic mass is 16.2. The van der Waals surface area contributed by atoms with E-state index in [1.165, 1.54) is 19.3 Å². The van der Waals surface area contributed by atoms with Crippen LogP contribution in [0.5, 0.6) is 0 Å². The molecule has 2 aromatic rings. The third kappa shape index (κ3) is 3.93. The van der Waals surface area contributed by atoms with Gasteiger partial charge in [0.2, 0.25) is 0 Å². The van der Waals surface area contributed by atoms with Crippen LogP contribution in [0.4, 0.5) is 0 Å². The van der Waals surface area contributed by atoms with Gasteiger partial charge in [-0.2, -0.15) is 0 Å². The number of rotatable bonds is 4. The van der Waals surface area contributed by atoms with Gasteiger partial charge in [0.05, 0.1) is 6.54 Å². The minimum absolute atomic E-state index is 0.0866. The van der Waals surface area contributed by atoms with E-state index in [1.807, 2.05) is 24.1 Å². The van der Waals surface area contributed by atoms with Crippen molar-refractivity contribution in [3.05, 3.63) is 35.2 Å². The van der Waals surface area contributed by atoms with Crippen LogP contribution in [-0.4, -0.2) is 61.6 Å². The molecule has 1 atom stereocenters. The van der Waals surface area contributed by atoms with Crippen molar-refractivity contribution in [2.75, 3.05) is 26.2 Å². The van der Waals surface area contributed by atoms with Crippen LogP contribution in [0.1, 0.15) is 65.7 Å². The van der Waals surface area contributed by atoms with E-state index in [0.29, 0.717) is 12.2 Å². The van der Waals surface area contributed by atoms with E-state index >= 15 is 0 Å². The lowest BCUT2D eigenvalue weighted by molar-refractivity contribution is 0.0698. The molecule has 0 aromatic carbocycles. The van der Waals surface area contributed by atoms with E-state index in [2.05, 4.69) is 31.7 Å². The Hall–Kier alpha value is -2.15. The Morgan fingerprint density at radius 3 is 2.74 bits per heavy atom. The molecule has 146 valence electrons. The average Bonchev–Trinajstić information content (AvgIpc) is 3.28. The Kier molecular flexibility index (Phi) is 5.29. The van der Waals surface area contributed by atoms with E-state index in [-0.39, 0.29) is 11.8 Å². The highest BCUT2D eigenvalue weighted by molar-refractivity contribution is 5.92. The highest BCUT2D eigenvalue weighted by Crippen LogP contribution is 2.27. The largest absolute Gasteiger partial charge is 0.357 e. The maximum Gasteiger partial charge on any atom is 0.270 e. The summed E-state index contributed by atoms with van der Waals surface area (Å²) < 4.78 is 2.16. The number of aromatic amines is 1. The predicted octanol–water partition coefficient (Wildman–Crippen LogP) is 2.46. The first-order chi connectivity index (χ1) is 13.1. The minimum atomic E-state index is 0.0866. The summed E-state index contributed by atoms with van der Waals surface area (Å²) in [6, 6.07) is 1.92. The summed E-state index contributed by atoms with van der Waals surface area (Å²) >= 11 is 0. The summed E-state index contributed by atoms with van der Waals surface area (Å²) in [6.45, 7) is 6.71. The molecule has 2 aromatic heterocycles. The first-order valence-electron chi connectivity index (χ1n) is 10.2. The lowest BCUT2D eigenvalue weighted by Crippen LogP contribution is -2.40. The average molecular weight is 371 g/mol. The SMILES string of the molecule is Cc1c[nH]c(C(=O)N2CCCC(c3nnc(CN4CCCCC4)n3C)C2)c1. The Balaban J connectivity index is 1.44. The first kappa shape index (κ1) is 18.2. The summed E-state index contributed by atoms with van der Waals surface area (Å²) in [5.74, 6) is 2.40. The third-order valence-electron chi connectivity index (χ3n) is 5.94. The summed E-state index contributed by atoms with van der Waals surface area (Å²) in [5.41, 5.74) is 1.76. The van der Waals surface area contributed by atoms with Crippen LogP contribution < -0.4 is 0 Å². The molecule has 4 rings (SSSR count). The molecule has 0 saturated carbocycles. The number of carbonyl (C=O) groups excluding carboxylic acids is 1. The minimum Gasteiger partial charge on any atom is -0.357 e. The number of nitrogens with zero attached hydrogens (tertiary/aromatic N) is 5. The van der Waals surface area contributed by atoms with Crippen LogP contribution in [-0.2, 0) is 13.6 Å². The molecule has 2 saturated heterocycles. The van der Waals surface area contributed by atoms with Crippen molar-refractivity contribution in [2.24, 2.45) is 7.05 Å². The summed E-state index contributed by atoms with van der Waals surface area (Å²) in [7, 11) is 2.07. The van der Waals surface area contributed by atoms with Gasteiger partial charge in [0.15, 0.2) is 0 Å². The summed E-state index contributed by atoms with van der Waals surface area (Å²) in [6.07, 6.45) is 7.84. The fourth-order valence-corrected chi connectivity index (χ4v) is 4.35. The van der Waals surface area contributed by atoms with Crippen LogP contribution >= 0.6 is 0 Å². The quantitative estimate of drug-likeness (QED) is 0.897. The number of hydrogen-bond donors (Lipinski definition) is 1. The van der Waals surface area contributed by atoms with Crippen molar-refractivity contribution in [1.29, 1.82) is 0 Å². The fraction of sp³-hybridized carbons (Fsp3) is 0.650. The van der Waals surface area contributed by atoms with E-state index in [4.69, 9.17) is 0 Å². The zero-order chi connectivity index (χ0) is 18.8. The van der Waals surface area contributed by atoms with Crippen LogP contribution in [0, 0.1) is 6.92 Å². The molecule has 1 unspecified atom stereocenters. The molecule has 2 aliphatic heterocycles. The number of H-pyrrole nitrogens is 1. The second-order valence-electron chi connectivity index (χ2n) is 8.05. The number of nitrogens with one attached hydrogen (secondary N) is 1. The van der Waals surface area contributed by atoms with Gasteiger partial charge in [0.1, 0.15) is 17.3 Å². The van der Waals surface area contributed by atoms with Gasteiger partial charge in [0.25, 0.3) is 5.91 Å². The van der Waals surface area contributed by atoms with Gasteiger partial charge < -0.3 is 14.5 Å². The Morgan fingerprint density at radius 2 is 2.00 bits per heavy atom. The van der Waals surface area contributed by atoms with Gasteiger partial charge in [-0.05, 0) is 57.3 Å². The van der Waals surface area contributed by atoms with Crippen molar-refractivity contribution in [2.45, 2.75) is 51.5 Å². The standard InChI is InChI=1S/C20H30N6O/c1-15-11-17(21-12-15)20(27)26-10-6-7-16(13-26)19-23-22-18(24(19)2)14-25-8-4-3-5-9-25/h11-12,16,21H,3-10,13-14H2,1-2H3. The molecule has 27 heavy (non-hydrogen) atoms. The molecule has 4 heterocycles. The van der Waals surface area contributed by atoms with Gasteiger partial charge in [-0.25, -0.2) is 0 Å². The number of likely N-dealkylation sites (tertiary alicyclic amines) is 2. The number of carbonyl (C=O) groups is 1. The molecule has 1 amide bonds. The van der Waals surface area contributed by atoms with Crippen LogP contribution in [0.3, 0.4) is 0 Å². The maximum absolute atomic E-state index is 12.8. The fourth-order valence-electron chi connectivity index (χ4n) is 4.35. The van der Waals surface area contributed by atoms with Crippen molar-refractivity contribution < 1.29 is 4.79 Å². The van der Waals surface area contributed by atoms with E-state index in [9.17, 15) is 4.79 Å². The topological polar surface area (TPSA) is 70.1 Å². The molecule has 0 radical (unpaired) electrons. The molecule has 0 spiro atoms. The van der Waals surface area contributed by atoms with Gasteiger partial charge >= 0.3 is 0 Å². The molecule has 2 fully saturated rings. The predicted molar refractivity (Wildman–Crippen MR) is 104 cm³/mol. The van der Waals surface area contributed by atoms with Gasteiger partial charge in [0, 0.05) is 32.3 Å². The summed E-state index contributed by atoms with van der Waals surface area (Å²) in [4.78, 5) is 20.3. The monoisotopic (exact) mass is 370 g/mol. The Labute approximate surface area is 160 Å². The molecule has 7 heteroatoms. The lowest BCUT2D eigenvalue weighted by atomic mass is 9.97. The smallest absolute Gasteiger partial charge is 0.270 e. The van der Waals surface area contributed by atoms with Gasteiger partial charge in [-0.15, -0.1) is 10.2 Å². The van der Waals surface area contributed by atoms with Crippen molar-refractivity contribution in [3.63, 3.8) is 0 Å². The van der Waals surface area contributed by atoms with Crippen LogP contribution in [0.15, 0.2) is 12.3 Å². The van der Waals surface area contributed by atoms with Crippen LogP contribution in [0.2, 0.25) is 0 Å². The second-order valence-corrected chi connectivity index (χ2v) is 8.05. The summed E-state index contributed by atoms with van der Waals surface area (Å²) in [5, 5.41) is 8.99. The lowest BCUT2D eigenvalue weighted by Gasteiger charge is -2.32. The van der Waals surface area contributed by atoms with E-state index < -0.39 is 0 Å². The molecule has 0 bridgehead atoms. The molecule has 1 N–H and O–H groups in total. The molecular formula is C20H30N6O. The zero-order valence-electron chi connectivity index (χ0n) is 16.4. The zero-order valence-corrected chi connectivity index (χ0v) is 16.4. The molecule has 0 aliphatic carbocycles. The molecule has 7 nitrogen and oxygen atoms in total. The van der Waals surface area contributed by atoms with Gasteiger partial charge in [-0.3, -0.25) is 9.69 Å². The second kappa shape index (κ2) is 7.84. The van der Waals surface area contributed by atoms with Gasteiger partial charge in [-0.1, -0.05) is 6.42 Å². The number of aryl methyl sites for hydroxylation is 1. The van der Waals surface area contributed by atoms with E-state index in [0.717, 1.165) is 56.2 Å². The first-order valence-corrected chi connectivity index (χ1v) is 10.2. The van der Waals surface area contributed by atoms with E-state index in [1.54, 1.807) is 0 Å². The van der Waals surface area contributed by atoms with Crippen molar-refractivity contribution in [1.82, 2.24) is 29.5 Å². The number of aromatic nitrogens is 4. The third-order valence-corrected chi connectivity index (χ3v) is 5.94.